The van der Waals surface area contributed by atoms with Crippen LogP contribution in [-0.4, -0.2) is 11.1 Å². The number of hydrogen-bond donors (Lipinski definition) is 1. The van der Waals surface area contributed by atoms with E-state index in [2.05, 4.69) is 0 Å². The Hall–Kier alpha value is -1.49. The van der Waals surface area contributed by atoms with Crippen molar-refractivity contribution in [2.75, 3.05) is 6.54 Å². The molecule has 3 rings (SSSR count). The molecule has 5 heteroatoms. The number of aryl methyl sites for hydroxylation is 2. The summed E-state index contributed by atoms with van der Waals surface area (Å²) in [5, 5.41) is 0.711. The van der Waals surface area contributed by atoms with E-state index in [1.165, 1.54) is 4.57 Å². The first-order chi connectivity index (χ1) is 8.54. The van der Waals surface area contributed by atoms with E-state index in [1.807, 2.05) is 12.1 Å². The molecule has 0 saturated heterocycles. The molecule has 2 aromatic rings. The lowest BCUT2D eigenvalue weighted by molar-refractivity contribution is -0.143. The minimum absolute atomic E-state index is 0.229. The fourth-order valence-electron chi connectivity index (χ4n) is 2.93. The highest BCUT2D eigenvalue weighted by Crippen LogP contribution is 2.41. The van der Waals surface area contributed by atoms with Crippen molar-refractivity contribution in [3.05, 3.63) is 35.0 Å². The molecule has 1 aliphatic heterocycles. The first kappa shape index (κ1) is 11.6. The number of rotatable bonds is 2. The molecule has 2 N–H and O–H groups in total. The molecule has 0 bridgehead atoms. The van der Waals surface area contributed by atoms with Crippen LogP contribution in [0.3, 0.4) is 0 Å². The van der Waals surface area contributed by atoms with Gasteiger partial charge in [0.25, 0.3) is 0 Å². The lowest BCUT2D eigenvalue weighted by atomic mass is 10.0. The zero-order chi connectivity index (χ0) is 12.9. The van der Waals surface area contributed by atoms with Crippen molar-refractivity contribution in [2.45, 2.75) is 25.6 Å². The van der Waals surface area contributed by atoms with Gasteiger partial charge in [-0.2, -0.15) is 13.2 Å². The molecule has 96 valence electrons. The fourth-order valence-corrected chi connectivity index (χ4v) is 2.93. The number of para-hydroxylation sites is 1. The lowest BCUT2D eigenvalue weighted by Gasteiger charge is -2.12. The Kier molecular flexibility index (Phi) is 2.41. The SMILES string of the molecule is NCCc1c(C(F)(F)F)n2c3c(cccc13)CC2. The van der Waals surface area contributed by atoms with Crippen LogP contribution in [-0.2, 0) is 25.6 Å². The predicted molar refractivity (Wildman–Crippen MR) is 63.4 cm³/mol. The smallest absolute Gasteiger partial charge is 0.336 e. The Bertz CT molecular complexity index is 611. The number of nitrogens with zero attached hydrogens (tertiary/aromatic N) is 1. The average Bonchev–Trinajstić information content (AvgIpc) is 2.83. The van der Waals surface area contributed by atoms with Gasteiger partial charge < -0.3 is 10.3 Å². The van der Waals surface area contributed by atoms with Crippen molar-refractivity contribution in [1.29, 1.82) is 0 Å². The van der Waals surface area contributed by atoms with Crippen molar-refractivity contribution in [1.82, 2.24) is 4.57 Å². The Morgan fingerprint density at radius 1 is 1.28 bits per heavy atom. The Morgan fingerprint density at radius 2 is 2.06 bits per heavy atom. The summed E-state index contributed by atoms with van der Waals surface area (Å²) in [5.41, 5.74) is 7.04. The summed E-state index contributed by atoms with van der Waals surface area (Å²) in [6.07, 6.45) is -3.37. The minimum Gasteiger partial charge on any atom is -0.336 e. The van der Waals surface area contributed by atoms with Crippen molar-refractivity contribution in [3.8, 4) is 0 Å². The summed E-state index contributed by atoms with van der Waals surface area (Å²) < 4.78 is 41.1. The molecular formula is C13H13F3N2. The molecule has 0 aliphatic carbocycles. The monoisotopic (exact) mass is 254 g/mol. The lowest BCUT2D eigenvalue weighted by Crippen LogP contribution is -2.16. The average molecular weight is 254 g/mol. The number of benzene rings is 1. The summed E-state index contributed by atoms with van der Waals surface area (Å²) in [5.74, 6) is 0. The molecule has 2 nitrogen and oxygen atoms in total. The van der Waals surface area contributed by atoms with Gasteiger partial charge in [-0.15, -0.1) is 0 Å². The van der Waals surface area contributed by atoms with Gasteiger partial charge in [0.05, 0.1) is 5.52 Å². The molecule has 0 radical (unpaired) electrons. The summed E-state index contributed by atoms with van der Waals surface area (Å²) in [4.78, 5) is 0. The normalized spacial score (nSPS) is 14.7. The van der Waals surface area contributed by atoms with Crippen LogP contribution in [0, 0.1) is 0 Å². The van der Waals surface area contributed by atoms with Gasteiger partial charge in [-0.25, -0.2) is 0 Å². The maximum atomic E-state index is 13.2. The third-order valence-corrected chi connectivity index (χ3v) is 3.54. The van der Waals surface area contributed by atoms with Crippen molar-refractivity contribution < 1.29 is 13.2 Å². The van der Waals surface area contributed by atoms with E-state index in [0.29, 0.717) is 23.9 Å². The molecule has 1 aromatic heterocycles. The highest BCUT2D eigenvalue weighted by molar-refractivity contribution is 5.89. The van der Waals surface area contributed by atoms with Gasteiger partial charge >= 0.3 is 6.18 Å². The number of aromatic nitrogens is 1. The van der Waals surface area contributed by atoms with E-state index in [9.17, 15) is 13.2 Å². The maximum absolute atomic E-state index is 13.2. The molecule has 0 spiro atoms. The van der Waals surface area contributed by atoms with Crippen LogP contribution in [0.4, 0.5) is 13.2 Å². The molecule has 1 aliphatic rings. The molecule has 0 atom stereocenters. The largest absolute Gasteiger partial charge is 0.431 e. The molecule has 1 aromatic carbocycles. The van der Waals surface area contributed by atoms with Gasteiger partial charge in [-0.1, -0.05) is 18.2 Å². The van der Waals surface area contributed by atoms with E-state index >= 15 is 0 Å². The zero-order valence-electron chi connectivity index (χ0n) is 9.72. The summed E-state index contributed by atoms with van der Waals surface area (Å²) in [7, 11) is 0. The van der Waals surface area contributed by atoms with Crippen LogP contribution in [0.25, 0.3) is 10.9 Å². The van der Waals surface area contributed by atoms with E-state index < -0.39 is 11.9 Å². The van der Waals surface area contributed by atoms with Crippen LogP contribution in [0.1, 0.15) is 16.8 Å². The molecule has 18 heavy (non-hydrogen) atoms. The Balaban J connectivity index is 2.39. The van der Waals surface area contributed by atoms with E-state index in [-0.39, 0.29) is 13.0 Å². The third-order valence-electron chi connectivity index (χ3n) is 3.54. The molecular weight excluding hydrogens is 241 g/mol. The Morgan fingerprint density at radius 3 is 2.72 bits per heavy atom. The molecule has 0 saturated carbocycles. The van der Waals surface area contributed by atoms with Gasteiger partial charge in [0.1, 0.15) is 5.69 Å². The molecule has 0 fully saturated rings. The van der Waals surface area contributed by atoms with Gasteiger partial charge in [-0.05, 0) is 30.5 Å². The van der Waals surface area contributed by atoms with Crippen LogP contribution in [0.5, 0.6) is 0 Å². The number of alkyl halides is 3. The second kappa shape index (κ2) is 3.75. The number of hydrogen-bond acceptors (Lipinski definition) is 1. The van der Waals surface area contributed by atoms with E-state index in [4.69, 9.17) is 5.73 Å². The second-order valence-corrected chi connectivity index (χ2v) is 4.58. The van der Waals surface area contributed by atoms with E-state index in [0.717, 1.165) is 11.1 Å². The van der Waals surface area contributed by atoms with Crippen LogP contribution >= 0.6 is 0 Å². The standard InChI is InChI=1S/C13H13F3N2/c14-13(15,16)12-10(4-6-17)9-3-1-2-8-5-7-18(12)11(8)9/h1-3H,4-7,17H2. The van der Waals surface area contributed by atoms with Gasteiger partial charge in [-0.3, -0.25) is 0 Å². The van der Waals surface area contributed by atoms with Crippen molar-refractivity contribution in [2.24, 2.45) is 5.73 Å². The van der Waals surface area contributed by atoms with Crippen LogP contribution < -0.4 is 5.73 Å². The van der Waals surface area contributed by atoms with Crippen LogP contribution in [0.2, 0.25) is 0 Å². The fraction of sp³-hybridized carbons (Fsp3) is 0.385. The summed E-state index contributed by atoms with van der Waals surface area (Å²) in [6.45, 7) is 0.641. The van der Waals surface area contributed by atoms with Gasteiger partial charge in [0.15, 0.2) is 0 Å². The second-order valence-electron chi connectivity index (χ2n) is 4.58. The van der Waals surface area contributed by atoms with Crippen molar-refractivity contribution >= 4 is 10.9 Å². The van der Waals surface area contributed by atoms with Gasteiger partial charge in [0.2, 0.25) is 0 Å². The molecule has 2 heterocycles. The molecule has 0 unspecified atom stereocenters. The first-order valence-corrected chi connectivity index (χ1v) is 5.94. The number of halogens is 3. The van der Waals surface area contributed by atoms with Crippen molar-refractivity contribution in [3.63, 3.8) is 0 Å². The minimum atomic E-state index is -4.31. The predicted octanol–water partition coefficient (Wildman–Crippen LogP) is 2.72. The Labute approximate surface area is 102 Å². The maximum Gasteiger partial charge on any atom is 0.431 e. The highest BCUT2D eigenvalue weighted by atomic mass is 19.4. The summed E-state index contributed by atoms with van der Waals surface area (Å²) in [6, 6.07) is 5.49. The van der Waals surface area contributed by atoms with Crippen LogP contribution in [0.15, 0.2) is 18.2 Å². The van der Waals surface area contributed by atoms with Gasteiger partial charge in [0, 0.05) is 11.9 Å². The summed E-state index contributed by atoms with van der Waals surface area (Å²) >= 11 is 0. The molecule has 0 amide bonds. The highest BCUT2D eigenvalue weighted by Gasteiger charge is 2.40. The van der Waals surface area contributed by atoms with E-state index in [1.54, 1.807) is 6.07 Å². The topological polar surface area (TPSA) is 30.9 Å². The first-order valence-electron chi connectivity index (χ1n) is 5.94. The quantitative estimate of drug-likeness (QED) is 0.877. The zero-order valence-corrected chi connectivity index (χ0v) is 9.72. The number of nitrogens with two attached hydrogens (primary N) is 1. The third kappa shape index (κ3) is 1.47.